The smallest absolute Gasteiger partial charge is 0.235 e. The Morgan fingerprint density at radius 3 is 2.59 bits per heavy atom. The number of benzene rings is 1. The summed E-state index contributed by atoms with van der Waals surface area (Å²) in [5, 5.41) is 12.6. The third-order valence-electron chi connectivity index (χ3n) is 5.40. The molecule has 1 N–H and O–H groups in total. The fraction of sp³-hybridized carbons (Fsp3) is 0.435. The topological polar surface area (TPSA) is 69.0 Å². The van der Waals surface area contributed by atoms with Gasteiger partial charge in [-0.1, -0.05) is 37.5 Å². The summed E-state index contributed by atoms with van der Waals surface area (Å²) in [6.45, 7) is 1.36. The van der Waals surface area contributed by atoms with Crippen molar-refractivity contribution in [3.8, 4) is 6.07 Å². The lowest BCUT2D eigenvalue weighted by atomic mass is 9.83. The molecule has 1 aromatic carbocycles. The Labute approximate surface area is 171 Å². The fourth-order valence-corrected chi connectivity index (χ4v) is 3.81. The van der Waals surface area contributed by atoms with Crippen LogP contribution in [0.2, 0.25) is 0 Å². The van der Waals surface area contributed by atoms with Crippen LogP contribution in [-0.2, 0) is 17.8 Å². The van der Waals surface area contributed by atoms with Crippen molar-refractivity contribution in [3.63, 3.8) is 0 Å². The van der Waals surface area contributed by atoms with Crippen LogP contribution in [0.1, 0.15) is 43.4 Å². The standard InChI is InChI=1S/C23H27FN4O/c24-20-9-7-19(8-10-20)16-28(15-11-21-6-2-5-14-26-21)17-22(29)27-23(18-25)12-3-1-4-13-23/h2,5-10,14H,1,3-4,11-13,15-17H2,(H,27,29). The van der Waals surface area contributed by atoms with Crippen molar-refractivity contribution in [2.75, 3.05) is 13.1 Å². The Kier molecular flexibility index (Phi) is 7.31. The SMILES string of the molecule is N#CC1(NC(=O)CN(CCc2ccccn2)Cc2ccc(F)cc2)CCCCC1. The van der Waals surface area contributed by atoms with Gasteiger partial charge in [-0.25, -0.2) is 4.39 Å². The summed E-state index contributed by atoms with van der Waals surface area (Å²) in [5.41, 5.74) is 1.16. The molecule has 152 valence electrons. The highest BCUT2D eigenvalue weighted by molar-refractivity contribution is 5.79. The number of aromatic nitrogens is 1. The van der Waals surface area contributed by atoms with Gasteiger partial charge >= 0.3 is 0 Å². The first-order valence-corrected chi connectivity index (χ1v) is 10.2. The van der Waals surface area contributed by atoms with Crippen molar-refractivity contribution in [2.24, 2.45) is 0 Å². The van der Waals surface area contributed by atoms with Crippen LogP contribution in [0.4, 0.5) is 4.39 Å². The number of nitrogens with one attached hydrogen (secondary N) is 1. The molecule has 1 heterocycles. The Bertz CT molecular complexity index is 826. The van der Waals surface area contributed by atoms with E-state index in [1.807, 2.05) is 23.1 Å². The van der Waals surface area contributed by atoms with E-state index in [0.717, 1.165) is 30.5 Å². The first-order chi connectivity index (χ1) is 14.1. The maximum atomic E-state index is 13.2. The van der Waals surface area contributed by atoms with Crippen molar-refractivity contribution >= 4 is 5.91 Å². The molecule has 0 spiro atoms. The van der Waals surface area contributed by atoms with Crippen LogP contribution in [-0.4, -0.2) is 34.4 Å². The lowest BCUT2D eigenvalue weighted by Gasteiger charge is -2.32. The van der Waals surface area contributed by atoms with E-state index in [4.69, 9.17) is 0 Å². The van der Waals surface area contributed by atoms with E-state index < -0.39 is 5.54 Å². The minimum absolute atomic E-state index is 0.142. The molecule has 1 fully saturated rings. The number of hydrogen-bond donors (Lipinski definition) is 1. The predicted octanol–water partition coefficient (Wildman–Crippen LogP) is 3.61. The van der Waals surface area contributed by atoms with Gasteiger partial charge in [-0.15, -0.1) is 0 Å². The van der Waals surface area contributed by atoms with E-state index in [2.05, 4.69) is 16.4 Å². The molecule has 6 heteroatoms. The van der Waals surface area contributed by atoms with Crippen LogP contribution < -0.4 is 5.32 Å². The van der Waals surface area contributed by atoms with Gasteiger partial charge in [0, 0.05) is 31.4 Å². The summed E-state index contributed by atoms with van der Waals surface area (Å²) in [5.74, 6) is -0.420. The van der Waals surface area contributed by atoms with Crippen LogP contribution >= 0.6 is 0 Å². The summed E-state index contributed by atoms with van der Waals surface area (Å²) < 4.78 is 13.2. The van der Waals surface area contributed by atoms with Crippen LogP contribution in [0.5, 0.6) is 0 Å². The van der Waals surface area contributed by atoms with Crippen LogP contribution in [0.15, 0.2) is 48.7 Å². The maximum Gasteiger partial charge on any atom is 0.235 e. The zero-order valence-electron chi connectivity index (χ0n) is 16.6. The molecular formula is C23H27FN4O. The average Bonchev–Trinajstić information content (AvgIpc) is 2.75. The molecule has 29 heavy (non-hydrogen) atoms. The molecule has 0 bridgehead atoms. The molecule has 3 rings (SSSR count). The summed E-state index contributed by atoms with van der Waals surface area (Å²) >= 11 is 0. The molecule has 2 aromatic rings. The van der Waals surface area contributed by atoms with Gasteiger partial charge in [0.2, 0.25) is 5.91 Å². The Hall–Kier alpha value is -2.78. The van der Waals surface area contributed by atoms with Crippen molar-refractivity contribution in [1.29, 1.82) is 5.26 Å². The minimum Gasteiger partial charge on any atom is -0.337 e. The number of rotatable bonds is 8. The molecule has 5 nitrogen and oxygen atoms in total. The molecule has 0 atom stereocenters. The molecule has 1 amide bonds. The van der Waals surface area contributed by atoms with Crippen LogP contribution in [0.3, 0.4) is 0 Å². The zero-order valence-corrected chi connectivity index (χ0v) is 16.6. The maximum absolute atomic E-state index is 13.2. The van der Waals surface area contributed by atoms with Gasteiger partial charge in [-0.05, 0) is 42.7 Å². The lowest BCUT2D eigenvalue weighted by Crippen LogP contribution is -2.51. The molecule has 0 radical (unpaired) electrons. The minimum atomic E-state index is -0.738. The van der Waals surface area contributed by atoms with Crippen molar-refractivity contribution in [1.82, 2.24) is 15.2 Å². The number of hydrogen-bond acceptors (Lipinski definition) is 4. The highest BCUT2D eigenvalue weighted by atomic mass is 19.1. The van der Waals surface area contributed by atoms with Gasteiger partial charge in [0.1, 0.15) is 11.4 Å². The van der Waals surface area contributed by atoms with E-state index in [-0.39, 0.29) is 18.3 Å². The molecule has 0 saturated heterocycles. The highest BCUT2D eigenvalue weighted by Gasteiger charge is 2.33. The Morgan fingerprint density at radius 2 is 1.93 bits per heavy atom. The molecule has 0 aliphatic heterocycles. The van der Waals surface area contributed by atoms with Crippen LogP contribution in [0.25, 0.3) is 0 Å². The van der Waals surface area contributed by atoms with Gasteiger partial charge in [0.25, 0.3) is 0 Å². The largest absolute Gasteiger partial charge is 0.337 e. The summed E-state index contributed by atoms with van der Waals surface area (Å²) in [6.07, 6.45) is 6.92. The van der Waals surface area contributed by atoms with Crippen molar-refractivity contribution in [2.45, 2.75) is 50.6 Å². The van der Waals surface area contributed by atoms with E-state index >= 15 is 0 Å². The highest BCUT2D eigenvalue weighted by Crippen LogP contribution is 2.27. The molecule has 1 aromatic heterocycles. The monoisotopic (exact) mass is 394 g/mol. The van der Waals surface area contributed by atoms with Crippen molar-refractivity contribution < 1.29 is 9.18 Å². The molecular weight excluding hydrogens is 367 g/mol. The number of halogens is 1. The fourth-order valence-electron chi connectivity index (χ4n) is 3.81. The molecule has 0 unspecified atom stereocenters. The Balaban J connectivity index is 1.65. The zero-order chi connectivity index (χ0) is 20.5. The van der Waals surface area contributed by atoms with Gasteiger partial charge < -0.3 is 5.32 Å². The summed E-state index contributed by atoms with van der Waals surface area (Å²) in [7, 11) is 0. The normalized spacial score (nSPS) is 15.6. The average molecular weight is 394 g/mol. The van der Waals surface area contributed by atoms with Gasteiger partial charge in [0.15, 0.2) is 0 Å². The first kappa shape index (κ1) is 20.9. The molecule has 1 saturated carbocycles. The number of amides is 1. The predicted molar refractivity (Wildman–Crippen MR) is 109 cm³/mol. The van der Waals surface area contributed by atoms with E-state index in [1.54, 1.807) is 18.3 Å². The van der Waals surface area contributed by atoms with Crippen molar-refractivity contribution in [3.05, 3.63) is 65.7 Å². The lowest BCUT2D eigenvalue weighted by molar-refractivity contribution is -0.124. The first-order valence-electron chi connectivity index (χ1n) is 10.2. The third-order valence-corrected chi connectivity index (χ3v) is 5.40. The molecule has 1 aliphatic carbocycles. The number of carbonyl (C=O) groups excluding carboxylic acids is 1. The second-order valence-corrected chi connectivity index (χ2v) is 7.71. The van der Waals surface area contributed by atoms with E-state index in [0.29, 0.717) is 32.4 Å². The number of carbonyl (C=O) groups is 1. The number of pyridine rings is 1. The number of nitrogens with zero attached hydrogens (tertiary/aromatic N) is 3. The van der Waals surface area contributed by atoms with E-state index in [1.165, 1.54) is 12.1 Å². The number of nitriles is 1. The van der Waals surface area contributed by atoms with E-state index in [9.17, 15) is 14.4 Å². The van der Waals surface area contributed by atoms with Gasteiger partial charge in [-0.3, -0.25) is 14.7 Å². The second-order valence-electron chi connectivity index (χ2n) is 7.71. The summed E-state index contributed by atoms with van der Waals surface area (Å²) in [4.78, 5) is 19.1. The van der Waals surface area contributed by atoms with Crippen LogP contribution in [0, 0.1) is 17.1 Å². The van der Waals surface area contributed by atoms with Gasteiger partial charge in [-0.2, -0.15) is 5.26 Å². The summed E-state index contributed by atoms with van der Waals surface area (Å²) in [6, 6.07) is 14.4. The quantitative estimate of drug-likeness (QED) is 0.743. The Morgan fingerprint density at radius 1 is 1.17 bits per heavy atom. The third kappa shape index (κ3) is 6.37. The van der Waals surface area contributed by atoms with Gasteiger partial charge in [0.05, 0.1) is 12.6 Å². The molecule has 1 aliphatic rings. The second kappa shape index (κ2) is 10.1.